The van der Waals surface area contributed by atoms with Crippen LogP contribution in [0.25, 0.3) is 0 Å². The number of ether oxygens (including phenoxy) is 1. The molecule has 0 saturated heterocycles. The maximum absolute atomic E-state index is 13.6. The summed E-state index contributed by atoms with van der Waals surface area (Å²) >= 11 is 0. The molecule has 5 saturated carbocycles. The molecule has 0 radical (unpaired) electrons. The Labute approximate surface area is 152 Å². The molecule has 0 spiro atoms. The summed E-state index contributed by atoms with van der Waals surface area (Å²) in [7, 11) is -5.82. The van der Waals surface area contributed by atoms with Crippen molar-refractivity contribution in [1.82, 2.24) is 0 Å². The predicted molar refractivity (Wildman–Crippen MR) is 88.9 cm³/mol. The van der Waals surface area contributed by atoms with Gasteiger partial charge < -0.3 is 4.74 Å². The molecule has 0 aromatic heterocycles. The van der Waals surface area contributed by atoms with Crippen LogP contribution in [0.4, 0.5) is 8.78 Å². The maximum Gasteiger partial charge on any atom is 0.465 e. The van der Waals surface area contributed by atoms with E-state index in [1.54, 1.807) is 0 Å². The number of carbonyl (C=O) groups is 1. The first kappa shape index (κ1) is 18.6. The highest BCUT2D eigenvalue weighted by Crippen LogP contribution is 2.65. The average molecular weight is 392 g/mol. The van der Waals surface area contributed by atoms with E-state index in [0.717, 1.165) is 25.7 Å². The van der Waals surface area contributed by atoms with E-state index in [4.69, 9.17) is 9.29 Å². The Bertz CT molecular complexity index is 670. The lowest BCUT2D eigenvalue weighted by Gasteiger charge is -2.62. The molecule has 0 heterocycles. The molecule has 0 aromatic rings. The van der Waals surface area contributed by atoms with Crippen LogP contribution in [0.15, 0.2) is 0 Å². The highest BCUT2D eigenvalue weighted by Gasteiger charge is 2.61. The van der Waals surface area contributed by atoms with E-state index < -0.39 is 27.4 Å². The van der Waals surface area contributed by atoms with Gasteiger partial charge in [0.15, 0.2) is 0 Å². The molecular weight excluding hydrogens is 366 g/mol. The second-order valence-electron chi connectivity index (χ2n) is 9.03. The molecule has 5 rings (SSSR count). The van der Waals surface area contributed by atoms with Gasteiger partial charge in [-0.05, 0) is 74.0 Å². The Morgan fingerprint density at radius 2 is 1.62 bits per heavy atom. The van der Waals surface area contributed by atoms with Gasteiger partial charge in [0.1, 0.15) is 6.10 Å². The molecule has 5 aliphatic rings. The van der Waals surface area contributed by atoms with Crippen LogP contribution in [0, 0.1) is 29.1 Å². The monoisotopic (exact) mass is 392 g/mol. The molecular formula is C18H26F2O5S. The Hall–Kier alpha value is -0.760. The third kappa shape index (κ3) is 2.87. The van der Waals surface area contributed by atoms with Crippen molar-refractivity contribution in [3.8, 4) is 0 Å². The van der Waals surface area contributed by atoms with E-state index in [1.165, 1.54) is 38.5 Å². The molecule has 5 nitrogen and oxygen atoms in total. The van der Waals surface area contributed by atoms with Gasteiger partial charge >= 0.3 is 21.3 Å². The lowest BCUT2D eigenvalue weighted by atomic mass is 9.44. The Balaban J connectivity index is 1.51. The number of halogens is 2. The number of alkyl halides is 2. The second kappa shape index (κ2) is 6.12. The van der Waals surface area contributed by atoms with Crippen LogP contribution in [0.1, 0.15) is 64.2 Å². The first-order valence-electron chi connectivity index (χ1n) is 9.68. The van der Waals surface area contributed by atoms with Crippen molar-refractivity contribution < 1.29 is 31.3 Å². The lowest BCUT2D eigenvalue weighted by molar-refractivity contribution is -0.202. The van der Waals surface area contributed by atoms with Gasteiger partial charge in [-0.1, -0.05) is 19.3 Å². The molecule has 4 bridgehead atoms. The molecule has 5 aliphatic carbocycles. The van der Waals surface area contributed by atoms with Gasteiger partial charge in [-0.3, -0.25) is 4.55 Å². The summed E-state index contributed by atoms with van der Waals surface area (Å²) in [5.74, 6) is -0.829. The first-order valence-corrected chi connectivity index (χ1v) is 11.1. The summed E-state index contributed by atoms with van der Waals surface area (Å²) < 4.78 is 62.4. The smallest absolute Gasteiger partial charge is 0.456 e. The largest absolute Gasteiger partial charge is 0.465 e. The SMILES string of the molecule is O=C(OC1C2CC3CC1CC(C1CCCCC1)(C3)C2)C(F)(F)S(=O)(=O)O. The standard InChI is InChI=1S/C18H26F2O5S/c19-18(20,26(22,23)24)16(21)25-15-12-6-11-7-13(15)10-17(8-11,9-12)14-4-2-1-3-5-14/h11-15H,1-10H2,(H,22,23,24). The quantitative estimate of drug-likeness (QED) is 0.582. The van der Waals surface area contributed by atoms with Crippen LogP contribution in [0.5, 0.6) is 0 Å². The second-order valence-corrected chi connectivity index (χ2v) is 10.5. The van der Waals surface area contributed by atoms with E-state index in [9.17, 15) is 22.0 Å². The number of esters is 1. The van der Waals surface area contributed by atoms with Crippen molar-refractivity contribution in [2.75, 3.05) is 0 Å². The van der Waals surface area contributed by atoms with Gasteiger partial charge in [-0.2, -0.15) is 17.2 Å². The fourth-order valence-corrected chi connectivity index (χ4v) is 7.00. The lowest BCUT2D eigenvalue weighted by Crippen LogP contribution is -2.58. The molecule has 2 atom stereocenters. The van der Waals surface area contributed by atoms with Gasteiger partial charge in [0, 0.05) is 0 Å². The summed E-state index contributed by atoms with van der Waals surface area (Å²) in [4.78, 5) is 11.8. The van der Waals surface area contributed by atoms with Gasteiger partial charge in [-0.25, -0.2) is 4.79 Å². The Kier molecular flexibility index (Phi) is 4.38. The first-order chi connectivity index (χ1) is 12.1. The summed E-state index contributed by atoms with van der Waals surface area (Å²) in [6.07, 6.45) is 10.3. The van der Waals surface area contributed by atoms with Gasteiger partial charge in [0.25, 0.3) is 0 Å². The van der Waals surface area contributed by atoms with Crippen molar-refractivity contribution in [1.29, 1.82) is 0 Å². The van der Waals surface area contributed by atoms with Crippen LogP contribution in [-0.2, 0) is 19.6 Å². The number of hydrogen-bond donors (Lipinski definition) is 1. The van der Waals surface area contributed by atoms with E-state index in [-0.39, 0.29) is 17.3 Å². The maximum atomic E-state index is 13.6. The molecule has 148 valence electrons. The van der Waals surface area contributed by atoms with Crippen molar-refractivity contribution in [2.45, 2.75) is 75.6 Å². The highest BCUT2D eigenvalue weighted by molar-refractivity contribution is 7.87. The van der Waals surface area contributed by atoms with Crippen molar-refractivity contribution >= 4 is 16.1 Å². The molecule has 2 unspecified atom stereocenters. The summed E-state index contributed by atoms with van der Waals surface area (Å²) in [5.41, 5.74) is 0.255. The molecule has 26 heavy (non-hydrogen) atoms. The number of carbonyl (C=O) groups excluding carboxylic acids is 1. The third-order valence-corrected chi connectivity index (χ3v) is 8.32. The van der Waals surface area contributed by atoms with Crippen LogP contribution in [0.3, 0.4) is 0 Å². The minimum Gasteiger partial charge on any atom is -0.456 e. The molecule has 8 heteroatoms. The average Bonchev–Trinajstić information content (AvgIpc) is 2.57. The molecule has 1 N–H and O–H groups in total. The zero-order chi connectivity index (χ0) is 18.7. The van der Waals surface area contributed by atoms with E-state index >= 15 is 0 Å². The third-order valence-electron chi connectivity index (χ3n) is 7.51. The van der Waals surface area contributed by atoms with Gasteiger partial charge in [-0.15, -0.1) is 0 Å². The zero-order valence-corrected chi connectivity index (χ0v) is 15.5. The van der Waals surface area contributed by atoms with Crippen molar-refractivity contribution in [2.24, 2.45) is 29.1 Å². The molecule has 0 aliphatic heterocycles. The number of rotatable bonds is 4. The summed E-state index contributed by atoms with van der Waals surface area (Å²) in [5, 5.41) is -4.90. The van der Waals surface area contributed by atoms with E-state index in [0.29, 0.717) is 11.8 Å². The van der Waals surface area contributed by atoms with Crippen LogP contribution < -0.4 is 0 Å². The zero-order valence-electron chi connectivity index (χ0n) is 14.7. The normalized spacial score (nSPS) is 40.6. The van der Waals surface area contributed by atoms with Crippen LogP contribution in [-0.4, -0.2) is 30.3 Å². The van der Waals surface area contributed by atoms with Crippen molar-refractivity contribution in [3.63, 3.8) is 0 Å². The fourth-order valence-electron chi connectivity index (χ4n) is 6.75. The fraction of sp³-hybridized carbons (Fsp3) is 0.944. The topological polar surface area (TPSA) is 80.7 Å². The van der Waals surface area contributed by atoms with Crippen LogP contribution >= 0.6 is 0 Å². The predicted octanol–water partition coefficient (Wildman–Crippen LogP) is 3.79. The van der Waals surface area contributed by atoms with Gasteiger partial charge in [0.05, 0.1) is 0 Å². The van der Waals surface area contributed by atoms with Crippen LogP contribution in [0.2, 0.25) is 0 Å². The van der Waals surface area contributed by atoms with E-state index in [2.05, 4.69) is 0 Å². The summed E-state index contributed by atoms with van der Waals surface area (Å²) in [6, 6.07) is 0. The van der Waals surface area contributed by atoms with Crippen molar-refractivity contribution in [3.05, 3.63) is 0 Å². The minimum absolute atomic E-state index is 0.0318. The highest BCUT2D eigenvalue weighted by atomic mass is 32.2. The molecule has 0 amide bonds. The van der Waals surface area contributed by atoms with Gasteiger partial charge in [0.2, 0.25) is 0 Å². The number of hydrogen-bond acceptors (Lipinski definition) is 4. The summed E-state index contributed by atoms with van der Waals surface area (Å²) in [6.45, 7) is 0. The minimum atomic E-state index is -5.82. The molecule has 0 aromatic carbocycles. The molecule has 5 fully saturated rings. The Morgan fingerprint density at radius 3 is 2.15 bits per heavy atom. The van der Waals surface area contributed by atoms with E-state index in [1.807, 2.05) is 0 Å². The Morgan fingerprint density at radius 1 is 1.04 bits per heavy atom.